The number of hydrazone groups is 2. The van der Waals surface area contributed by atoms with E-state index in [0.29, 0.717) is 36.4 Å². The third-order valence-electron chi connectivity index (χ3n) is 11.3. The quantitative estimate of drug-likeness (QED) is 0.0481. The second-order valence-corrected chi connectivity index (χ2v) is 26.2. The molecule has 34 nitrogen and oxygen atoms in total. The lowest BCUT2D eigenvalue weighted by Crippen LogP contribution is -2.28. The van der Waals surface area contributed by atoms with E-state index in [2.05, 4.69) is 71.6 Å². The number of anilines is 6. The van der Waals surface area contributed by atoms with Crippen LogP contribution >= 0.6 is 23.2 Å². The maximum Gasteiger partial charge on any atom is 0.296 e. The molecule has 0 aliphatic heterocycles. The summed E-state index contributed by atoms with van der Waals surface area (Å²) in [5.41, 5.74) is -2.99. The van der Waals surface area contributed by atoms with Crippen molar-refractivity contribution in [2.45, 2.75) is 19.6 Å². The number of benzene rings is 5. The van der Waals surface area contributed by atoms with Crippen LogP contribution < -0.4 is 32.7 Å². The van der Waals surface area contributed by atoms with Crippen molar-refractivity contribution in [1.82, 2.24) is 29.9 Å². The summed E-state index contributed by atoms with van der Waals surface area (Å²) >= 11 is 12.5. The molecule has 12 N–H and O–H groups in total. The number of carbonyl (C=O) groups is 2. The van der Waals surface area contributed by atoms with E-state index in [9.17, 15) is 87.4 Å². The van der Waals surface area contributed by atoms with Crippen molar-refractivity contribution in [3.05, 3.63) is 151 Å². The number of allylic oxidation sites excluding steroid dienone is 2. The molecule has 42 heteroatoms. The third-order valence-corrected chi connectivity index (χ3v) is 16.9. The van der Waals surface area contributed by atoms with E-state index < -0.39 is 180 Å². The number of H-pyrrole nitrogens is 2. The lowest BCUT2D eigenvalue weighted by atomic mass is 9.93. The van der Waals surface area contributed by atoms with Crippen molar-refractivity contribution in [2.75, 3.05) is 21.5 Å². The normalized spacial score (nSPS) is 15.4. The molecule has 9 rings (SSSR count). The molecule has 0 unspecified atom stereocenters. The van der Waals surface area contributed by atoms with Gasteiger partial charge in [0, 0.05) is 11.4 Å². The maximum absolute atomic E-state index is 14.2. The minimum atomic E-state index is -5.40. The molecule has 7 aromatic rings. The highest BCUT2D eigenvalue weighted by molar-refractivity contribution is 7.91. The van der Waals surface area contributed by atoms with Crippen molar-refractivity contribution in [1.29, 1.82) is 0 Å². The molecule has 0 amide bonds. The number of carbonyl (C=O) groups excluding carboxylic acids is 2. The van der Waals surface area contributed by atoms with E-state index in [-0.39, 0.29) is 23.3 Å². The van der Waals surface area contributed by atoms with Gasteiger partial charge >= 0.3 is 0 Å². The summed E-state index contributed by atoms with van der Waals surface area (Å²) in [6, 6.07) is 17.4. The molecule has 0 saturated carbocycles. The third kappa shape index (κ3) is 13.8. The van der Waals surface area contributed by atoms with Gasteiger partial charge in [-0.25, -0.2) is 9.98 Å². The lowest BCUT2D eigenvalue weighted by molar-refractivity contribution is 0.105. The zero-order valence-corrected chi connectivity index (χ0v) is 48.0. The standard InChI is InChI=1S/C44H30Cl2N14O20S6/c45-39-51-41(55-43(53-39)49-27-17-23(81(63,64)65)13-19-15-31(85(75,76)77)35(37(61)33(19)27)59-57-25-5-1-3-7-29(25)83(69,70)71)47-21-9-11-22(12-10-21)48-42-52-40(46)54-44(56-42)50-28-18-24(82(66,67)68)14-20-16-32(86(78,79)80)36(38(62)34(20)28)60-58-26-6-2-4-8-30(26)84(72,73)74/h1-18,57-58H,(H,63,64,65)(H,66,67,68)(H,69,70,71)(H,72,73,74)(H,75,76,77)(H,78,79,80)(H2,47,49,51,53,55)(H2,48,50,52,54,56)/b59-35+,60-36+. The van der Waals surface area contributed by atoms with Gasteiger partial charge in [0.1, 0.15) is 19.6 Å². The molecule has 0 fully saturated rings. The van der Waals surface area contributed by atoms with Crippen molar-refractivity contribution in [3.63, 3.8) is 0 Å². The van der Waals surface area contributed by atoms with Crippen LogP contribution in [0.5, 0.6) is 0 Å². The Balaban J connectivity index is 1.03. The number of aromatic amines is 2. The van der Waals surface area contributed by atoms with Crippen molar-refractivity contribution in [3.8, 4) is 0 Å². The zero-order chi connectivity index (χ0) is 62.6. The number of aromatic nitrogens is 6. The highest BCUT2D eigenvalue weighted by Gasteiger charge is 2.38. The van der Waals surface area contributed by atoms with Gasteiger partial charge < -0.3 is 10.6 Å². The average Bonchev–Trinajstić information content (AvgIpc) is 1.03. The van der Waals surface area contributed by atoms with Crippen LogP contribution in [-0.2, 0) is 60.7 Å². The summed E-state index contributed by atoms with van der Waals surface area (Å²) < 4.78 is 208. The topological polar surface area (TPSA) is 541 Å². The van der Waals surface area contributed by atoms with Gasteiger partial charge in [0.15, 0.2) is 11.4 Å². The van der Waals surface area contributed by atoms with Gasteiger partial charge in [-0.1, -0.05) is 24.3 Å². The van der Waals surface area contributed by atoms with E-state index in [1.54, 1.807) is 0 Å². The molecule has 2 aromatic heterocycles. The highest BCUT2D eigenvalue weighted by Crippen LogP contribution is 2.37. The lowest BCUT2D eigenvalue weighted by Gasteiger charge is -2.18. The van der Waals surface area contributed by atoms with Crippen molar-refractivity contribution in [2.24, 2.45) is 20.2 Å². The van der Waals surface area contributed by atoms with Crippen molar-refractivity contribution >= 4 is 165 Å². The average molecular weight is 1340 g/mol. The largest absolute Gasteiger partial charge is 0.324 e. The fraction of sp³-hybridized carbons (Fsp3) is 0. The first kappa shape index (κ1) is 61.7. The molecule has 86 heavy (non-hydrogen) atoms. The Labute approximate surface area is 491 Å². The van der Waals surface area contributed by atoms with Crippen LogP contribution in [0.3, 0.4) is 0 Å². The van der Waals surface area contributed by atoms with Gasteiger partial charge in [-0.15, -0.1) is 0 Å². The van der Waals surface area contributed by atoms with Gasteiger partial charge in [-0.05, 0) is 119 Å². The first-order valence-corrected chi connectivity index (χ1v) is 32.0. The van der Waals surface area contributed by atoms with Gasteiger partial charge in [0.2, 0.25) is 45.3 Å². The summed E-state index contributed by atoms with van der Waals surface area (Å²) in [6.07, 6.45) is 1.21. The minimum absolute atomic E-state index is 0.215. The Bertz CT molecular complexity index is 4820. The summed E-state index contributed by atoms with van der Waals surface area (Å²) in [5, 5.41) is 12.2. The fourth-order valence-electron chi connectivity index (χ4n) is 7.80. The van der Waals surface area contributed by atoms with E-state index in [1.165, 1.54) is 48.5 Å². The van der Waals surface area contributed by atoms with E-state index >= 15 is 0 Å². The van der Waals surface area contributed by atoms with E-state index in [1.807, 2.05) is 0 Å². The monoisotopic (exact) mass is 1340 g/mol. The number of nitrogens with one attached hydrogen (secondary N) is 6. The maximum atomic E-state index is 14.2. The molecule has 2 heterocycles. The van der Waals surface area contributed by atoms with Crippen LogP contribution in [0, 0.1) is 0 Å². The molecule has 2 aliphatic rings. The first-order valence-electron chi connectivity index (χ1n) is 22.6. The number of fused-ring (bicyclic) bond motifs is 2. The Morgan fingerprint density at radius 1 is 0.442 bits per heavy atom. The Kier molecular flexibility index (Phi) is 16.4. The van der Waals surface area contributed by atoms with Crippen LogP contribution in [0.25, 0.3) is 12.2 Å². The summed E-state index contributed by atoms with van der Waals surface area (Å²) in [7, 11) is -31.0. The number of nitrogens with zero attached hydrogens (tertiary/aromatic N) is 8. The zero-order valence-electron chi connectivity index (χ0n) is 41.6. The van der Waals surface area contributed by atoms with Crippen LogP contribution in [0.15, 0.2) is 147 Å². The molecule has 0 spiro atoms. The van der Waals surface area contributed by atoms with Crippen LogP contribution in [0.1, 0.15) is 31.8 Å². The predicted octanol–water partition coefficient (Wildman–Crippen LogP) is 3.95. The van der Waals surface area contributed by atoms with Crippen LogP contribution in [0.4, 0.5) is 46.0 Å². The molecule has 2 aliphatic carbocycles. The number of ketones is 2. The number of hydrogen-bond acceptors (Lipinski definition) is 26. The molecule has 0 radical (unpaired) electrons. The van der Waals surface area contributed by atoms with Gasteiger partial charge in [0.25, 0.3) is 60.7 Å². The summed E-state index contributed by atoms with van der Waals surface area (Å²) in [6.45, 7) is 0. The fourth-order valence-corrected chi connectivity index (χ4v) is 11.8. The van der Waals surface area contributed by atoms with E-state index in [0.717, 1.165) is 24.3 Å². The van der Waals surface area contributed by atoms with E-state index in [4.69, 9.17) is 23.2 Å². The first-order chi connectivity index (χ1) is 40.0. The summed E-state index contributed by atoms with van der Waals surface area (Å²) in [4.78, 5) is 52.2. The van der Waals surface area contributed by atoms with Gasteiger partial charge in [0.05, 0.1) is 43.7 Å². The predicted molar refractivity (Wildman–Crippen MR) is 301 cm³/mol. The Hall–Kier alpha value is -8.88. The van der Waals surface area contributed by atoms with Gasteiger partial charge in [-0.3, -0.25) is 57.7 Å². The number of rotatable bonds is 16. The Morgan fingerprint density at radius 2 is 0.791 bits per heavy atom. The number of para-hydroxylation sites is 2. The smallest absolute Gasteiger partial charge is 0.296 e. The van der Waals surface area contributed by atoms with Crippen LogP contribution in [-0.4, -0.2) is 131 Å². The molecule has 0 atom stereocenters. The number of halogens is 2. The SMILES string of the molecule is O=C1/C(=N/Nc2ccccc2S(=O)(=O)O)C(S(=O)(=O)O)=Cc2cc(S(=O)(=O)O)cc(N=c3nc(Nc4ccc(Nc5nc(Cl)[nH]c(=Nc6cc(S(=O)(=O)O)cc7c6C(=O)/C(=N/Nc6ccccc6S(=O)(=O)O)C(S(=O)(=O)O)=C7)n5)cc4)nc(Cl)[nH]3)c21. The molecular formula is C44H30Cl2N14O20S6. The number of Topliss-reactive ketones (excluding diaryl/α,β-unsaturated/α-hetero) is 2. The molecule has 5 aromatic carbocycles. The highest BCUT2D eigenvalue weighted by atomic mass is 35.5. The molecule has 446 valence electrons. The molecule has 0 saturated heterocycles. The second kappa shape index (κ2) is 22.8. The number of hydrogen-bond donors (Lipinski definition) is 12. The Morgan fingerprint density at radius 3 is 1.12 bits per heavy atom. The molecule has 0 bridgehead atoms. The minimum Gasteiger partial charge on any atom is -0.324 e. The van der Waals surface area contributed by atoms with Gasteiger partial charge in [-0.2, -0.15) is 80.6 Å². The summed E-state index contributed by atoms with van der Waals surface area (Å²) in [5.74, 6) is -3.38. The second-order valence-electron chi connectivity index (χ2n) is 17.1. The molecular weight excluding hydrogens is 1310 g/mol. The van der Waals surface area contributed by atoms with Crippen LogP contribution in [0.2, 0.25) is 10.6 Å². The van der Waals surface area contributed by atoms with Crippen molar-refractivity contribution < 1.29 is 87.4 Å².